The Morgan fingerprint density at radius 1 is 1.09 bits per heavy atom. The van der Waals surface area contributed by atoms with E-state index in [1.54, 1.807) is 6.07 Å². The molecule has 0 atom stereocenters. The number of halogens is 3. The fourth-order valence-electron chi connectivity index (χ4n) is 3.06. The molecule has 0 aliphatic carbocycles. The Bertz CT molecular complexity index is 1250. The van der Waals surface area contributed by atoms with Gasteiger partial charge in [-0.25, -0.2) is 4.68 Å². The Kier molecular flexibility index (Phi) is 6.49. The van der Waals surface area contributed by atoms with Gasteiger partial charge >= 0.3 is 6.18 Å². The first-order chi connectivity index (χ1) is 15.0. The van der Waals surface area contributed by atoms with Crippen LogP contribution in [0.25, 0.3) is 5.69 Å². The summed E-state index contributed by atoms with van der Waals surface area (Å²) in [6.45, 7) is 5.21. The molecule has 168 valence electrons. The SMILES string of the molecule is CCc1sc(C(=O)NNC(=O)c2nn(-c3ccccc3C(F)(F)F)c(C)cc2=O)cc1C. The number of alkyl halides is 3. The molecule has 32 heavy (non-hydrogen) atoms. The molecule has 0 aliphatic heterocycles. The first-order valence-electron chi connectivity index (χ1n) is 9.50. The van der Waals surface area contributed by atoms with Gasteiger partial charge in [-0.3, -0.25) is 25.2 Å². The minimum Gasteiger partial charge on any atom is -0.287 e. The summed E-state index contributed by atoms with van der Waals surface area (Å²) in [5, 5.41) is 3.84. The summed E-state index contributed by atoms with van der Waals surface area (Å²) in [4.78, 5) is 38.5. The molecule has 3 rings (SSSR count). The summed E-state index contributed by atoms with van der Waals surface area (Å²) < 4.78 is 41.1. The van der Waals surface area contributed by atoms with Crippen molar-refractivity contribution in [1.29, 1.82) is 0 Å². The zero-order valence-electron chi connectivity index (χ0n) is 17.3. The maximum atomic E-state index is 13.4. The van der Waals surface area contributed by atoms with Crippen LogP contribution < -0.4 is 16.3 Å². The molecule has 0 saturated heterocycles. The van der Waals surface area contributed by atoms with Crippen molar-refractivity contribution in [2.24, 2.45) is 0 Å². The number of nitrogens with zero attached hydrogens (tertiary/aromatic N) is 2. The zero-order valence-corrected chi connectivity index (χ0v) is 18.1. The quantitative estimate of drug-likeness (QED) is 0.578. The molecule has 2 amide bonds. The Morgan fingerprint density at radius 2 is 1.75 bits per heavy atom. The number of aromatic nitrogens is 2. The molecule has 0 fully saturated rings. The van der Waals surface area contributed by atoms with Crippen LogP contribution >= 0.6 is 11.3 Å². The average molecular weight is 464 g/mol. The van der Waals surface area contributed by atoms with Crippen LogP contribution in [0, 0.1) is 13.8 Å². The largest absolute Gasteiger partial charge is 0.418 e. The van der Waals surface area contributed by atoms with E-state index in [2.05, 4.69) is 16.0 Å². The molecule has 2 aromatic heterocycles. The Balaban J connectivity index is 1.89. The van der Waals surface area contributed by atoms with E-state index in [0.29, 0.717) is 4.88 Å². The minimum absolute atomic E-state index is 0.105. The van der Waals surface area contributed by atoms with Gasteiger partial charge in [-0.15, -0.1) is 11.3 Å². The number of carbonyl (C=O) groups is 2. The molecular weight excluding hydrogens is 445 g/mol. The van der Waals surface area contributed by atoms with Crippen LogP contribution in [0.2, 0.25) is 0 Å². The number of benzene rings is 1. The summed E-state index contributed by atoms with van der Waals surface area (Å²) in [5.41, 5.74) is 2.58. The molecule has 3 aromatic rings. The summed E-state index contributed by atoms with van der Waals surface area (Å²) in [7, 11) is 0. The number of rotatable bonds is 4. The predicted molar refractivity (Wildman–Crippen MR) is 113 cm³/mol. The van der Waals surface area contributed by atoms with Gasteiger partial charge in [0.1, 0.15) is 0 Å². The van der Waals surface area contributed by atoms with Gasteiger partial charge in [0, 0.05) is 16.6 Å². The van der Waals surface area contributed by atoms with E-state index in [0.717, 1.165) is 33.7 Å². The number of nitrogens with one attached hydrogen (secondary N) is 2. The molecular formula is C21H19F3N4O3S. The molecule has 0 aliphatic rings. The van der Waals surface area contributed by atoms with E-state index in [1.807, 2.05) is 13.8 Å². The summed E-state index contributed by atoms with van der Waals surface area (Å²) in [6, 6.07) is 7.35. The lowest BCUT2D eigenvalue weighted by Crippen LogP contribution is -2.43. The highest BCUT2D eigenvalue weighted by Gasteiger charge is 2.34. The first-order valence-corrected chi connectivity index (χ1v) is 10.3. The Morgan fingerprint density at radius 3 is 2.38 bits per heavy atom. The number of thiophene rings is 1. The molecule has 11 heteroatoms. The standard InChI is InChI=1S/C21H19F3N4O3S/c1-4-16-11(2)9-17(32-16)19(30)25-26-20(31)18-15(29)10-12(3)28(27-18)14-8-6-5-7-13(14)21(22,23)24/h5-10H,4H2,1-3H3,(H,25,30)(H,26,31). The van der Waals surface area contributed by atoms with E-state index in [9.17, 15) is 27.6 Å². The molecule has 7 nitrogen and oxygen atoms in total. The topological polar surface area (TPSA) is 93.1 Å². The van der Waals surface area contributed by atoms with Crippen molar-refractivity contribution in [1.82, 2.24) is 20.6 Å². The van der Waals surface area contributed by atoms with E-state index in [-0.39, 0.29) is 11.4 Å². The van der Waals surface area contributed by atoms with Crippen molar-refractivity contribution in [3.8, 4) is 5.69 Å². The fraction of sp³-hybridized carbons (Fsp3) is 0.238. The number of para-hydroxylation sites is 1. The number of hydrazine groups is 1. The Hall–Kier alpha value is -3.47. The lowest BCUT2D eigenvalue weighted by atomic mass is 10.1. The van der Waals surface area contributed by atoms with Crippen molar-refractivity contribution in [2.75, 3.05) is 0 Å². The van der Waals surface area contributed by atoms with Gasteiger partial charge in [0.15, 0.2) is 5.69 Å². The van der Waals surface area contributed by atoms with Crippen LogP contribution in [0.15, 0.2) is 41.2 Å². The van der Waals surface area contributed by atoms with Crippen LogP contribution in [-0.4, -0.2) is 21.6 Å². The predicted octanol–water partition coefficient (Wildman–Crippen LogP) is 3.57. The highest BCUT2D eigenvalue weighted by atomic mass is 32.1. The van der Waals surface area contributed by atoms with Gasteiger partial charge in [0.05, 0.1) is 16.1 Å². The average Bonchev–Trinajstić information content (AvgIpc) is 3.12. The van der Waals surface area contributed by atoms with Gasteiger partial charge in [-0.1, -0.05) is 19.1 Å². The highest BCUT2D eigenvalue weighted by molar-refractivity contribution is 7.14. The smallest absolute Gasteiger partial charge is 0.287 e. The monoisotopic (exact) mass is 464 g/mol. The zero-order chi connectivity index (χ0) is 23.6. The number of aryl methyl sites for hydroxylation is 3. The Labute approximate surface area is 184 Å². The minimum atomic E-state index is -4.67. The third-order valence-corrected chi connectivity index (χ3v) is 6.00. The van der Waals surface area contributed by atoms with Crippen LogP contribution in [0.4, 0.5) is 13.2 Å². The lowest BCUT2D eigenvalue weighted by molar-refractivity contribution is -0.137. The third-order valence-electron chi connectivity index (χ3n) is 4.62. The maximum Gasteiger partial charge on any atom is 0.418 e. The van der Waals surface area contributed by atoms with Crippen LogP contribution in [0.5, 0.6) is 0 Å². The van der Waals surface area contributed by atoms with Gasteiger partial charge in [0.25, 0.3) is 11.8 Å². The second-order valence-corrected chi connectivity index (χ2v) is 8.04. The van der Waals surface area contributed by atoms with Crippen molar-refractivity contribution >= 4 is 23.2 Å². The summed E-state index contributed by atoms with van der Waals surface area (Å²) in [5.74, 6) is -1.63. The molecule has 2 N–H and O–H groups in total. The van der Waals surface area contributed by atoms with Crippen LogP contribution in [0.3, 0.4) is 0 Å². The third kappa shape index (κ3) is 4.72. The van der Waals surface area contributed by atoms with Gasteiger partial charge in [-0.2, -0.15) is 18.3 Å². The second-order valence-electron chi connectivity index (χ2n) is 6.90. The maximum absolute atomic E-state index is 13.4. The number of hydrogen-bond donors (Lipinski definition) is 2. The number of amides is 2. The van der Waals surface area contributed by atoms with E-state index in [4.69, 9.17) is 0 Å². The number of hydrogen-bond acceptors (Lipinski definition) is 5. The molecule has 0 radical (unpaired) electrons. The van der Waals surface area contributed by atoms with Gasteiger partial charge in [-0.05, 0) is 44.0 Å². The first kappa shape index (κ1) is 23.2. The fourth-order valence-corrected chi connectivity index (χ4v) is 4.07. The van der Waals surface area contributed by atoms with E-state index >= 15 is 0 Å². The molecule has 0 bridgehead atoms. The normalized spacial score (nSPS) is 11.3. The molecule has 0 spiro atoms. The summed E-state index contributed by atoms with van der Waals surface area (Å²) >= 11 is 1.27. The number of carbonyl (C=O) groups excluding carboxylic acids is 2. The second kappa shape index (κ2) is 8.95. The van der Waals surface area contributed by atoms with E-state index < -0.39 is 34.7 Å². The van der Waals surface area contributed by atoms with Gasteiger partial charge in [0.2, 0.25) is 5.43 Å². The lowest BCUT2D eigenvalue weighted by Gasteiger charge is -2.16. The van der Waals surface area contributed by atoms with Crippen molar-refractivity contribution in [2.45, 2.75) is 33.4 Å². The molecule has 2 heterocycles. The van der Waals surface area contributed by atoms with Gasteiger partial charge < -0.3 is 0 Å². The summed E-state index contributed by atoms with van der Waals surface area (Å²) in [6.07, 6.45) is -3.91. The highest BCUT2D eigenvalue weighted by Crippen LogP contribution is 2.33. The van der Waals surface area contributed by atoms with E-state index in [1.165, 1.54) is 36.5 Å². The van der Waals surface area contributed by atoms with Crippen molar-refractivity contribution in [3.05, 3.63) is 78.9 Å². The molecule has 0 saturated carbocycles. The molecule has 0 unspecified atom stereocenters. The molecule has 1 aromatic carbocycles. The van der Waals surface area contributed by atoms with Crippen molar-refractivity contribution < 1.29 is 22.8 Å². The van der Waals surface area contributed by atoms with Crippen LogP contribution in [0.1, 0.15) is 48.8 Å². The van der Waals surface area contributed by atoms with Crippen LogP contribution in [-0.2, 0) is 12.6 Å². The van der Waals surface area contributed by atoms with Crippen molar-refractivity contribution in [3.63, 3.8) is 0 Å².